The Labute approximate surface area is 104 Å². The number of carbonyl (C=O) groups excluding carboxylic acids is 2. The van der Waals surface area contributed by atoms with Crippen molar-refractivity contribution in [2.75, 3.05) is 11.9 Å². The van der Waals surface area contributed by atoms with E-state index in [0.29, 0.717) is 6.61 Å². The van der Waals surface area contributed by atoms with Crippen LogP contribution in [-0.2, 0) is 14.3 Å². The van der Waals surface area contributed by atoms with E-state index in [2.05, 4.69) is 5.32 Å². The molecule has 1 aliphatic rings. The Kier molecular flexibility index (Phi) is 3.68. The number of hydrogen-bond acceptors (Lipinski definition) is 4. The fourth-order valence-electron chi connectivity index (χ4n) is 1.60. The van der Waals surface area contributed by atoms with Gasteiger partial charge in [0.15, 0.2) is 0 Å². The zero-order valence-corrected chi connectivity index (χ0v) is 10.3. The van der Waals surface area contributed by atoms with Crippen LogP contribution >= 0.6 is 11.8 Å². The monoisotopic (exact) mass is 251 g/mol. The number of fused-ring (bicyclic) bond motifs is 1. The highest BCUT2D eigenvalue weighted by Crippen LogP contribution is 2.36. The first-order valence-electron chi connectivity index (χ1n) is 5.43. The van der Waals surface area contributed by atoms with E-state index in [-0.39, 0.29) is 18.3 Å². The molecule has 1 heterocycles. The highest BCUT2D eigenvalue weighted by Gasteiger charge is 2.29. The van der Waals surface area contributed by atoms with Crippen molar-refractivity contribution in [3.05, 3.63) is 24.3 Å². The third kappa shape index (κ3) is 2.79. The quantitative estimate of drug-likeness (QED) is 0.835. The second-order valence-corrected chi connectivity index (χ2v) is 4.85. The van der Waals surface area contributed by atoms with E-state index in [1.54, 1.807) is 6.92 Å². The maximum absolute atomic E-state index is 11.8. The minimum atomic E-state index is -0.399. The lowest BCUT2D eigenvalue weighted by molar-refractivity contribution is -0.143. The first-order chi connectivity index (χ1) is 8.20. The Morgan fingerprint density at radius 2 is 2.24 bits per heavy atom. The van der Waals surface area contributed by atoms with Crippen LogP contribution in [0.3, 0.4) is 0 Å². The maximum Gasteiger partial charge on any atom is 0.307 e. The van der Waals surface area contributed by atoms with Crippen LogP contribution in [0.4, 0.5) is 5.69 Å². The summed E-state index contributed by atoms with van der Waals surface area (Å²) in [6, 6.07) is 7.55. The molecule has 0 fully saturated rings. The van der Waals surface area contributed by atoms with Crippen molar-refractivity contribution in [3.63, 3.8) is 0 Å². The van der Waals surface area contributed by atoms with Crippen LogP contribution in [0, 0.1) is 0 Å². The molecule has 1 aromatic rings. The van der Waals surface area contributed by atoms with Gasteiger partial charge in [0.25, 0.3) is 0 Å². The zero-order chi connectivity index (χ0) is 12.3. The maximum atomic E-state index is 11.8. The van der Waals surface area contributed by atoms with Gasteiger partial charge in [-0.3, -0.25) is 9.59 Å². The van der Waals surface area contributed by atoms with Gasteiger partial charge >= 0.3 is 5.97 Å². The average molecular weight is 251 g/mol. The molecule has 4 nitrogen and oxygen atoms in total. The number of carbonyl (C=O) groups is 2. The number of esters is 1. The Bertz CT molecular complexity index is 447. The number of ether oxygens (including phenoxy) is 1. The van der Waals surface area contributed by atoms with E-state index >= 15 is 0 Å². The molecule has 0 unspecified atom stereocenters. The molecular weight excluding hydrogens is 238 g/mol. The lowest BCUT2D eigenvalue weighted by atomic mass is 10.2. The van der Waals surface area contributed by atoms with Gasteiger partial charge in [-0.2, -0.15) is 0 Å². The predicted octanol–water partition coefficient (Wildman–Crippen LogP) is 2.05. The number of anilines is 1. The van der Waals surface area contributed by atoms with Gasteiger partial charge in [-0.25, -0.2) is 0 Å². The Balaban J connectivity index is 2.07. The number of amides is 1. The van der Waals surface area contributed by atoms with Crippen LogP contribution in [0.1, 0.15) is 13.3 Å². The van der Waals surface area contributed by atoms with E-state index in [4.69, 9.17) is 4.74 Å². The summed E-state index contributed by atoms with van der Waals surface area (Å²) >= 11 is 1.41. The number of thioether (sulfide) groups is 1. The first-order valence-corrected chi connectivity index (χ1v) is 6.31. The van der Waals surface area contributed by atoms with E-state index in [9.17, 15) is 9.59 Å². The van der Waals surface area contributed by atoms with Gasteiger partial charge in [0, 0.05) is 4.90 Å². The topological polar surface area (TPSA) is 55.4 Å². The molecule has 0 aromatic heterocycles. The number of rotatable bonds is 3. The second kappa shape index (κ2) is 5.23. The van der Waals surface area contributed by atoms with Crippen molar-refractivity contribution < 1.29 is 14.3 Å². The fraction of sp³-hybridized carbons (Fsp3) is 0.333. The van der Waals surface area contributed by atoms with Gasteiger partial charge < -0.3 is 10.1 Å². The Hall–Kier alpha value is -1.49. The SMILES string of the molecule is CCOC(=O)C[C@@H]1Sc2ccccc2NC1=O. The van der Waals surface area contributed by atoms with E-state index < -0.39 is 5.25 Å². The minimum Gasteiger partial charge on any atom is -0.466 e. The number of benzene rings is 1. The zero-order valence-electron chi connectivity index (χ0n) is 9.43. The van der Waals surface area contributed by atoms with Crippen molar-refractivity contribution >= 4 is 29.3 Å². The predicted molar refractivity (Wildman–Crippen MR) is 66.0 cm³/mol. The van der Waals surface area contributed by atoms with Crippen LogP contribution < -0.4 is 5.32 Å². The molecular formula is C12H13NO3S. The standard InChI is InChI=1S/C12H13NO3S/c1-2-16-11(14)7-10-12(15)13-8-5-3-4-6-9(8)17-10/h3-6,10H,2,7H2,1H3,(H,13,15)/t10-/m0/s1. The van der Waals surface area contributed by atoms with Crippen molar-refractivity contribution in [2.45, 2.75) is 23.5 Å². The fourth-order valence-corrected chi connectivity index (χ4v) is 2.69. The number of hydrogen-bond donors (Lipinski definition) is 1. The molecule has 1 atom stereocenters. The molecule has 0 aliphatic carbocycles. The summed E-state index contributed by atoms with van der Waals surface area (Å²) in [5, 5.41) is 2.39. The van der Waals surface area contributed by atoms with Gasteiger partial charge in [0.2, 0.25) is 5.91 Å². The van der Waals surface area contributed by atoms with Crippen LogP contribution in [0.2, 0.25) is 0 Å². The van der Waals surface area contributed by atoms with Gasteiger partial charge in [-0.1, -0.05) is 12.1 Å². The molecule has 1 aromatic carbocycles. The normalized spacial score (nSPS) is 18.2. The van der Waals surface area contributed by atoms with Gasteiger partial charge in [0.1, 0.15) is 0 Å². The lowest BCUT2D eigenvalue weighted by Gasteiger charge is -2.23. The minimum absolute atomic E-state index is 0.110. The number of nitrogens with one attached hydrogen (secondary N) is 1. The van der Waals surface area contributed by atoms with E-state index in [1.807, 2.05) is 24.3 Å². The van der Waals surface area contributed by atoms with E-state index in [0.717, 1.165) is 10.6 Å². The van der Waals surface area contributed by atoms with Crippen LogP contribution in [0.5, 0.6) is 0 Å². The molecule has 5 heteroatoms. The van der Waals surface area contributed by atoms with Crippen molar-refractivity contribution in [2.24, 2.45) is 0 Å². The van der Waals surface area contributed by atoms with Crippen molar-refractivity contribution in [1.29, 1.82) is 0 Å². The summed E-state index contributed by atoms with van der Waals surface area (Å²) in [6.07, 6.45) is 0.110. The highest BCUT2D eigenvalue weighted by molar-refractivity contribution is 8.01. The summed E-state index contributed by atoms with van der Waals surface area (Å²) in [7, 11) is 0. The third-order valence-corrected chi connectivity index (χ3v) is 3.64. The summed E-state index contributed by atoms with van der Waals surface area (Å²) < 4.78 is 4.85. The van der Waals surface area contributed by atoms with Gasteiger partial charge in [-0.15, -0.1) is 11.8 Å². The Morgan fingerprint density at radius 1 is 1.47 bits per heavy atom. The molecule has 1 amide bonds. The molecule has 1 aliphatic heterocycles. The molecule has 17 heavy (non-hydrogen) atoms. The molecule has 2 rings (SSSR count). The van der Waals surface area contributed by atoms with Crippen LogP contribution in [-0.4, -0.2) is 23.7 Å². The van der Waals surface area contributed by atoms with Crippen LogP contribution in [0.25, 0.3) is 0 Å². The van der Waals surface area contributed by atoms with E-state index in [1.165, 1.54) is 11.8 Å². The second-order valence-electron chi connectivity index (χ2n) is 3.60. The summed E-state index contributed by atoms with van der Waals surface area (Å²) in [5.74, 6) is -0.471. The lowest BCUT2D eigenvalue weighted by Crippen LogP contribution is -2.31. The Morgan fingerprint density at radius 3 is 3.00 bits per heavy atom. The van der Waals surface area contributed by atoms with Crippen molar-refractivity contribution in [1.82, 2.24) is 0 Å². The molecule has 0 saturated carbocycles. The highest BCUT2D eigenvalue weighted by atomic mass is 32.2. The largest absolute Gasteiger partial charge is 0.466 e. The molecule has 1 N–H and O–H groups in total. The molecule has 0 bridgehead atoms. The summed E-state index contributed by atoms with van der Waals surface area (Å²) in [5.41, 5.74) is 0.808. The molecule has 90 valence electrons. The van der Waals surface area contributed by atoms with Crippen molar-refractivity contribution in [3.8, 4) is 0 Å². The molecule has 0 radical (unpaired) electrons. The first kappa shape index (κ1) is 12.0. The van der Waals surface area contributed by atoms with Gasteiger partial charge in [0.05, 0.1) is 24.0 Å². The van der Waals surface area contributed by atoms with Gasteiger partial charge in [-0.05, 0) is 19.1 Å². The molecule has 0 spiro atoms. The summed E-state index contributed by atoms with van der Waals surface area (Å²) in [4.78, 5) is 24.1. The van der Waals surface area contributed by atoms with Crippen LogP contribution in [0.15, 0.2) is 29.2 Å². The smallest absolute Gasteiger partial charge is 0.307 e. The summed E-state index contributed by atoms with van der Waals surface area (Å²) in [6.45, 7) is 2.09. The molecule has 0 saturated heterocycles. The average Bonchev–Trinajstić information content (AvgIpc) is 2.30. The third-order valence-electron chi connectivity index (χ3n) is 2.36. The number of para-hydroxylation sites is 1.